The van der Waals surface area contributed by atoms with Gasteiger partial charge in [-0.2, -0.15) is 0 Å². The molecule has 0 aliphatic carbocycles. The maximum atomic E-state index is 7.38. The van der Waals surface area contributed by atoms with Gasteiger partial charge >= 0.3 is 251 Å². The molecule has 6 rings (SSSR count). The summed E-state index contributed by atoms with van der Waals surface area (Å²) in [6, 6.07) is 28.4. The quantitative estimate of drug-likeness (QED) is 0.224. The third-order valence-corrected chi connectivity index (χ3v) is 11.1. The zero-order chi connectivity index (χ0) is 29.9. The second-order valence-corrected chi connectivity index (χ2v) is 16.5. The van der Waals surface area contributed by atoms with Crippen molar-refractivity contribution in [2.75, 3.05) is 0 Å². The molecule has 4 aromatic rings. The number of aryl methyl sites for hydroxylation is 2. The molecule has 0 saturated heterocycles. The topological polar surface area (TPSA) is 40.2 Å². The van der Waals surface area contributed by atoms with E-state index in [-0.39, 0.29) is 10.8 Å². The van der Waals surface area contributed by atoms with Gasteiger partial charge in [-0.3, -0.25) is 0 Å². The number of rotatable bonds is 4. The van der Waals surface area contributed by atoms with Gasteiger partial charge < -0.3 is 0 Å². The van der Waals surface area contributed by atoms with Crippen LogP contribution < -0.4 is 18.1 Å². The standard InChI is InChI=1S/C36H42NO4P/c1-25-19-27-23-37-24-28-20-26(2)22-32(36(6,7)8)34(28)41-42(37,38-29-15-11-9-12-16-29,39-30-17-13-10-14-18-30)40-33(27)31(21-25)35(3,4)5/h9-22H,23-24H2,1-8H3. The van der Waals surface area contributed by atoms with Gasteiger partial charge in [-0.1, -0.05) is 0 Å². The van der Waals surface area contributed by atoms with E-state index in [1.807, 2.05) is 60.7 Å². The molecule has 0 atom stereocenters. The van der Waals surface area contributed by atoms with Crippen LogP contribution in [0.2, 0.25) is 0 Å². The first kappa shape index (κ1) is 28.6. The zero-order valence-corrected chi connectivity index (χ0v) is 26.9. The average Bonchev–Trinajstić information content (AvgIpc) is 2.90. The van der Waals surface area contributed by atoms with E-state index in [0.29, 0.717) is 24.6 Å². The molecule has 2 heterocycles. The Bertz CT molecular complexity index is 1520. The van der Waals surface area contributed by atoms with Gasteiger partial charge in [0.15, 0.2) is 0 Å². The summed E-state index contributed by atoms with van der Waals surface area (Å²) >= 11 is 0. The summed E-state index contributed by atoms with van der Waals surface area (Å²) < 4.78 is 31.2. The molecule has 2 aliphatic heterocycles. The van der Waals surface area contributed by atoms with Gasteiger partial charge in [0.05, 0.1) is 0 Å². The van der Waals surface area contributed by atoms with Crippen molar-refractivity contribution in [2.24, 2.45) is 0 Å². The molecule has 0 bridgehead atoms. The van der Waals surface area contributed by atoms with E-state index in [4.69, 9.17) is 18.1 Å². The molecule has 0 N–H and O–H groups in total. The Labute approximate surface area is 250 Å². The Morgan fingerprint density at radius 2 is 0.976 bits per heavy atom. The molecule has 6 heteroatoms. The second-order valence-electron chi connectivity index (χ2n) is 13.7. The van der Waals surface area contributed by atoms with Crippen LogP contribution in [-0.2, 0) is 23.9 Å². The number of nitrogens with zero attached hydrogens (tertiary/aromatic N) is 1. The van der Waals surface area contributed by atoms with Crippen molar-refractivity contribution in [2.45, 2.75) is 79.3 Å². The monoisotopic (exact) mass is 583 g/mol. The van der Waals surface area contributed by atoms with Crippen molar-refractivity contribution >= 4 is 7.66 Å². The van der Waals surface area contributed by atoms with E-state index >= 15 is 0 Å². The van der Waals surface area contributed by atoms with Crippen LogP contribution in [-0.4, -0.2) is 4.67 Å². The molecule has 0 fully saturated rings. The SMILES string of the molecule is Cc1cc2c(c(C(C)(C)C)c1)OP1(Oc3ccccc3)(Oc3ccccc3)Oc3c(cc(C)cc3C(C)(C)C)CN1C2. The molecule has 2 aliphatic rings. The van der Waals surface area contributed by atoms with E-state index in [1.165, 1.54) is 11.1 Å². The molecule has 5 nitrogen and oxygen atoms in total. The molecule has 0 spiro atoms. The molecule has 0 radical (unpaired) electrons. The normalized spacial score (nSPS) is 18.1. The fraction of sp³-hybridized carbons (Fsp3) is 0.333. The van der Waals surface area contributed by atoms with Gasteiger partial charge in [-0.05, 0) is 0 Å². The van der Waals surface area contributed by atoms with Crippen LogP contribution in [0.1, 0.15) is 74.9 Å². The van der Waals surface area contributed by atoms with Gasteiger partial charge in [0, 0.05) is 0 Å². The van der Waals surface area contributed by atoms with E-state index in [9.17, 15) is 0 Å². The van der Waals surface area contributed by atoms with E-state index in [2.05, 4.69) is 84.3 Å². The van der Waals surface area contributed by atoms with Crippen LogP contribution in [0, 0.1) is 13.8 Å². The van der Waals surface area contributed by atoms with Gasteiger partial charge in [-0.25, -0.2) is 0 Å². The molecular formula is C36H42NO4P. The van der Waals surface area contributed by atoms with Crippen molar-refractivity contribution in [1.29, 1.82) is 0 Å². The zero-order valence-electron chi connectivity index (χ0n) is 26.0. The predicted molar refractivity (Wildman–Crippen MR) is 171 cm³/mol. The van der Waals surface area contributed by atoms with Crippen molar-refractivity contribution in [3.63, 3.8) is 0 Å². The third kappa shape index (κ3) is 4.93. The summed E-state index contributed by atoms with van der Waals surface area (Å²) in [7, 11) is -4.68. The summed E-state index contributed by atoms with van der Waals surface area (Å²) in [5, 5.41) is 0. The van der Waals surface area contributed by atoms with Gasteiger partial charge in [0.25, 0.3) is 0 Å². The minimum atomic E-state index is -4.68. The molecule has 0 unspecified atom stereocenters. The maximum absolute atomic E-state index is 7.38. The molecule has 4 aromatic carbocycles. The average molecular weight is 584 g/mol. The predicted octanol–water partition coefficient (Wildman–Crippen LogP) is 9.97. The Kier molecular flexibility index (Phi) is 6.64. The Hall–Kier alpha value is -3.53. The fourth-order valence-electron chi connectivity index (χ4n) is 5.90. The summed E-state index contributed by atoms with van der Waals surface area (Å²) in [6.07, 6.45) is 0. The molecule has 0 saturated carbocycles. The van der Waals surface area contributed by atoms with Gasteiger partial charge in [0.1, 0.15) is 0 Å². The van der Waals surface area contributed by atoms with Crippen LogP contribution in [0.3, 0.4) is 0 Å². The summed E-state index contributed by atoms with van der Waals surface area (Å²) in [5.74, 6) is 2.80. The van der Waals surface area contributed by atoms with Crippen LogP contribution in [0.4, 0.5) is 0 Å². The van der Waals surface area contributed by atoms with Crippen molar-refractivity contribution < 1.29 is 18.1 Å². The molecule has 42 heavy (non-hydrogen) atoms. The summed E-state index contributed by atoms with van der Waals surface area (Å²) in [6.45, 7) is 18.7. The van der Waals surface area contributed by atoms with Gasteiger partial charge in [0.2, 0.25) is 0 Å². The fourth-order valence-corrected chi connectivity index (χ4v) is 9.35. The summed E-state index contributed by atoms with van der Waals surface area (Å²) in [4.78, 5) is 0. The van der Waals surface area contributed by atoms with Crippen molar-refractivity contribution in [3.05, 3.63) is 118 Å². The first-order valence-corrected chi connectivity index (χ1v) is 16.6. The molecule has 0 aromatic heterocycles. The van der Waals surface area contributed by atoms with Crippen molar-refractivity contribution in [3.8, 4) is 23.0 Å². The molecule has 0 amide bonds. The van der Waals surface area contributed by atoms with Gasteiger partial charge in [-0.15, -0.1) is 0 Å². The van der Waals surface area contributed by atoms with Crippen LogP contribution in [0.5, 0.6) is 23.0 Å². The number of benzene rings is 4. The Balaban J connectivity index is 1.68. The number of hydrogen-bond donors (Lipinski definition) is 0. The molecule has 220 valence electrons. The van der Waals surface area contributed by atoms with Crippen LogP contribution in [0.25, 0.3) is 0 Å². The minimum absolute atomic E-state index is 0.187. The third-order valence-electron chi connectivity index (χ3n) is 7.89. The Morgan fingerprint density at radius 1 is 0.595 bits per heavy atom. The first-order valence-electron chi connectivity index (χ1n) is 14.7. The van der Waals surface area contributed by atoms with E-state index < -0.39 is 7.66 Å². The van der Waals surface area contributed by atoms with Crippen LogP contribution in [0.15, 0.2) is 84.9 Å². The number of para-hydroxylation sites is 2. The van der Waals surface area contributed by atoms with Crippen molar-refractivity contribution in [1.82, 2.24) is 4.67 Å². The van der Waals surface area contributed by atoms with E-state index in [0.717, 1.165) is 33.8 Å². The Morgan fingerprint density at radius 3 is 1.33 bits per heavy atom. The summed E-state index contributed by atoms with van der Waals surface area (Å²) in [5.41, 5.74) is 6.42. The van der Waals surface area contributed by atoms with E-state index in [1.54, 1.807) is 0 Å². The second kappa shape index (κ2) is 9.76. The van der Waals surface area contributed by atoms with Crippen LogP contribution >= 0.6 is 7.66 Å². The molecular weight excluding hydrogens is 541 g/mol. The first-order chi connectivity index (χ1) is 19.8. The number of hydrogen-bond acceptors (Lipinski definition) is 5. The number of fused-ring (bicyclic) bond motifs is 3.